The smallest absolute Gasteiger partial charge is 0.235 e. The second-order valence-corrected chi connectivity index (χ2v) is 7.23. The fourth-order valence-electron chi connectivity index (χ4n) is 2.54. The molecule has 1 amide bonds. The van der Waals surface area contributed by atoms with Crippen LogP contribution in [0.3, 0.4) is 0 Å². The van der Waals surface area contributed by atoms with Crippen LogP contribution in [0.2, 0.25) is 0 Å². The van der Waals surface area contributed by atoms with E-state index >= 15 is 0 Å². The summed E-state index contributed by atoms with van der Waals surface area (Å²) in [5.74, 6) is 0.844. The van der Waals surface area contributed by atoms with E-state index < -0.39 is 0 Å². The monoisotopic (exact) mass is 374 g/mol. The zero-order valence-electron chi connectivity index (χ0n) is 14.7. The van der Waals surface area contributed by atoms with Crippen molar-refractivity contribution in [3.63, 3.8) is 0 Å². The average molecular weight is 374 g/mol. The van der Waals surface area contributed by atoms with Gasteiger partial charge in [0, 0.05) is 20.6 Å². The molecule has 0 spiro atoms. The summed E-state index contributed by atoms with van der Waals surface area (Å²) >= 11 is 1.32. The minimum Gasteiger partial charge on any atom is -0.461 e. The van der Waals surface area contributed by atoms with E-state index in [4.69, 9.17) is 4.42 Å². The van der Waals surface area contributed by atoms with E-state index in [0.717, 1.165) is 5.56 Å². The quantitative estimate of drug-likeness (QED) is 0.619. The molecule has 8 heteroatoms. The van der Waals surface area contributed by atoms with Crippen molar-refractivity contribution >= 4 is 17.7 Å². The van der Waals surface area contributed by atoms with Crippen molar-refractivity contribution in [3.8, 4) is 11.6 Å². The highest BCUT2D eigenvalue weighted by Crippen LogP contribution is 2.26. The fraction of sp³-hybridized carbons (Fsp3) is 0.278. The summed E-state index contributed by atoms with van der Waals surface area (Å²) in [5.41, 5.74) is 0.747. The molecule has 6 nitrogen and oxygen atoms in total. The summed E-state index contributed by atoms with van der Waals surface area (Å²) in [5, 5.41) is 8.53. The number of carbonyl (C=O) groups excluding carboxylic acids is 1. The summed E-state index contributed by atoms with van der Waals surface area (Å²) in [7, 11) is 3.53. The van der Waals surface area contributed by atoms with Gasteiger partial charge in [0.2, 0.25) is 5.91 Å². The number of carbonyl (C=O) groups is 1. The van der Waals surface area contributed by atoms with Gasteiger partial charge in [-0.3, -0.25) is 4.79 Å². The van der Waals surface area contributed by atoms with E-state index in [-0.39, 0.29) is 17.0 Å². The Labute approximate surface area is 155 Å². The molecule has 136 valence electrons. The van der Waals surface area contributed by atoms with Crippen LogP contribution in [0.25, 0.3) is 11.6 Å². The molecule has 0 bridgehead atoms. The highest BCUT2D eigenvalue weighted by atomic mass is 32.2. The van der Waals surface area contributed by atoms with Crippen molar-refractivity contribution in [1.82, 2.24) is 19.7 Å². The minimum absolute atomic E-state index is 0.0678. The molecule has 1 unspecified atom stereocenters. The van der Waals surface area contributed by atoms with Crippen LogP contribution in [0, 0.1) is 5.82 Å². The molecular weight excluding hydrogens is 355 g/mol. The van der Waals surface area contributed by atoms with E-state index in [2.05, 4.69) is 10.2 Å². The Morgan fingerprint density at radius 3 is 2.85 bits per heavy atom. The van der Waals surface area contributed by atoms with Crippen molar-refractivity contribution in [2.24, 2.45) is 7.05 Å². The Bertz CT molecular complexity index is 894. The van der Waals surface area contributed by atoms with Gasteiger partial charge in [-0.2, -0.15) is 0 Å². The molecule has 0 aliphatic heterocycles. The molecule has 1 atom stereocenters. The van der Waals surface area contributed by atoms with E-state index in [1.54, 1.807) is 47.0 Å². The molecule has 3 aromatic rings. The minimum atomic E-state index is -0.360. The summed E-state index contributed by atoms with van der Waals surface area (Å²) in [6.45, 7) is 2.16. The van der Waals surface area contributed by atoms with Crippen LogP contribution in [-0.4, -0.2) is 37.9 Å². The summed E-state index contributed by atoms with van der Waals surface area (Å²) in [6.07, 6.45) is 1.57. The molecule has 0 radical (unpaired) electrons. The van der Waals surface area contributed by atoms with Crippen molar-refractivity contribution in [1.29, 1.82) is 0 Å². The number of hydrogen-bond donors (Lipinski definition) is 0. The second kappa shape index (κ2) is 7.74. The Hall–Kier alpha value is -2.61. The third-order valence-corrected chi connectivity index (χ3v) is 5.01. The predicted molar refractivity (Wildman–Crippen MR) is 96.9 cm³/mol. The molecule has 2 heterocycles. The first kappa shape index (κ1) is 18.2. The topological polar surface area (TPSA) is 64.2 Å². The first-order valence-electron chi connectivity index (χ1n) is 8.05. The number of rotatable bonds is 6. The van der Waals surface area contributed by atoms with Crippen molar-refractivity contribution in [2.45, 2.75) is 23.9 Å². The first-order chi connectivity index (χ1) is 12.5. The van der Waals surface area contributed by atoms with Gasteiger partial charge >= 0.3 is 0 Å². The van der Waals surface area contributed by atoms with Gasteiger partial charge in [0.1, 0.15) is 5.82 Å². The van der Waals surface area contributed by atoms with Gasteiger partial charge in [0.05, 0.1) is 11.5 Å². The lowest BCUT2D eigenvalue weighted by Crippen LogP contribution is -2.33. The van der Waals surface area contributed by atoms with Gasteiger partial charge in [-0.1, -0.05) is 23.9 Å². The molecule has 0 fully saturated rings. The van der Waals surface area contributed by atoms with E-state index in [1.165, 1.54) is 23.9 Å². The maximum atomic E-state index is 13.3. The van der Waals surface area contributed by atoms with E-state index in [1.807, 2.05) is 14.0 Å². The highest BCUT2D eigenvalue weighted by Gasteiger charge is 2.22. The molecule has 0 saturated carbocycles. The number of aromatic nitrogens is 3. The largest absolute Gasteiger partial charge is 0.461 e. The summed E-state index contributed by atoms with van der Waals surface area (Å²) < 4.78 is 20.4. The molecule has 0 aliphatic carbocycles. The lowest BCUT2D eigenvalue weighted by Gasteiger charge is -2.21. The van der Waals surface area contributed by atoms with E-state index in [0.29, 0.717) is 23.3 Å². The molecule has 0 saturated heterocycles. The normalized spacial score (nSPS) is 12.2. The number of thioether (sulfide) groups is 1. The molecule has 3 rings (SSSR count). The summed E-state index contributed by atoms with van der Waals surface area (Å²) in [4.78, 5) is 14.2. The highest BCUT2D eigenvalue weighted by molar-refractivity contribution is 8.00. The van der Waals surface area contributed by atoms with Crippen LogP contribution in [0.5, 0.6) is 0 Å². The molecule has 0 aliphatic rings. The van der Waals surface area contributed by atoms with Crippen LogP contribution in [0.15, 0.2) is 52.2 Å². The number of hydrogen-bond acceptors (Lipinski definition) is 5. The first-order valence-corrected chi connectivity index (χ1v) is 8.93. The fourth-order valence-corrected chi connectivity index (χ4v) is 3.47. The van der Waals surface area contributed by atoms with Crippen LogP contribution in [0.4, 0.5) is 4.39 Å². The molecule has 1 aromatic carbocycles. The third-order valence-electron chi connectivity index (χ3n) is 3.89. The van der Waals surface area contributed by atoms with Crippen LogP contribution in [-0.2, 0) is 18.4 Å². The Morgan fingerprint density at radius 2 is 2.15 bits per heavy atom. The predicted octanol–water partition coefficient (Wildman–Crippen LogP) is 3.35. The molecular formula is C18H19FN4O2S. The van der Waals surface area contributed by atoms with Gasteiger partial charge in [0.25, 0.3) is 0 Å². The average Bonchev–Trinajstić information content (AvgIpc) is 3.24. The standard InChI is InChI=1S/C18H19FN4O2S/c1-12(17(24)22(2)11-13-6-4-7-14(19)10-13)26-18-21-20-16(23(18)3)15-8-5-9-25-15/h4-10,12H,11H2,1-3H3. The van der Waals surface area contributed by atoms with Gasteiger partial charge in [0.15, 0.2) is 16.7 Å². The maximum Gasteiger partial charge on any atom is 0.235 e. The number of amides is 1. The Morgan fingerprint density at radius 1 is 1.35 bits per heavy atom. The van der Waals surface area contributed by atoms with Crippen molar-refractivity contribution < 1.29 is 13.6 Å². The lowest BCUT2D eigenvalue weighted by molar-refractivity contribution is -0.129. The molecule has 26 heavy (non-hydrogen) atoms. The molecule has 2 aromatic heterocycles. The zero-order valence-corrected chi connectivity index (χ0v) is 15.5. The summed E-state index contributed by atoms with van der Waals surface area (Å²) in [6, 6.07) is 9.83. The van der Waals surface area contributed by atoms with Gasteiger partial charge < -0.3 is 13.9 Å². The zero-order chi connectivity index (χ0) is 18.7. The van der Waals surface area contributed by atoms with E-state index in [9.17, 15) is 9.18 Å². The van der Waals surface area contributed by atoms with Crippen LogP contribution < -0.4 is 0 Å². The van der Waals surface area contributed by atoms with Gasteiger partial charge in [-0.25, -0.2) is 4.39 Å². The number of furan rings is 1. The van der Waals surface area contributed by atoms with Gasteiger partial charge in [-0.15, -0.1) is 10.2 Å². The third kappa shape index (κ3) is 3.96. The Balaban J connectivity index is 1.66. The van der Waals surface area contributed by atoms with Crippen molar-refractivity contribution in [2.75, 3.05) is 7.05 Å². The number of nitrogens with zero attached hydrogens (tertiary/aromatic N) is 4. The van der Waals surface area contributed by atoms with Crippen molar-refractivity contribution in [3.05, 3.63) is 54.0 Å². The van der Waals surface area contributed by atoms with Crippen LogP contribution in [0.1, 0.15) is 12.5 Å². The second-order valence-electron chi connectivity index (χ2n) is 5.93. The Kier molecular flexibility index (Phi) is 5.41. The number of halogens is 1. The maximum absolute atomic E-state index is 13.3. The van der Waals surface area contributed by atoms with Crippen LogP contribution >= 0.6 is 11.8 Å². The number of benzene rings is 1. The van der Waals surface area contributed by atoms with Gasteiger partial charge in [-0.05, 0) is 36.8 Å². The lowest BCUT2D eigenvalue weighted by atomic mass is 10.2. The molecule has 0 N–H and O–H groups in total. The SMILES string of the molecule is CC(Sc1nnc(-c2ccco2)n1C)C(=O)N(C)Cc1cccc(F)c1.